The van der Waals surface area contributed by atoms with E-state index < -0.39 is 5.97 Å². The lowest BCUT2D eigenvalue weighted by Gasteiger charge is -2.15. The van der Waals surface area contributed by atoms with E-state index in [0.29, 0.717) is 5.01 Å². The van der Waals surface area contributed by atoms with Crippen molar-refractivity contribution in [1.82, 2.24) is 4.98 Å². The topological polar surface area (TPSA) is 57.5 Å². The molecule has 0 saturated carbocycles. The number of carbonyl (C=O) groups is 1. The van der Waals surface area contributed by atoms with Gasteiger partial charge in [-0.2, -0.15) is 0 Å². The predicted octanol–water partition coefficient (Wildman–Crippen LogP) is 0.598. The van der Waals surface area contributed by atoms with Gasteiger partial charge in [-0.05, 0) is 13.8 Å². The van der Waals surface area contributed by atoms with E-state index in [1.807, 2.05) is 12.1 Å². The number of carboxylic acids is 1. The highest BCUT2D eigenvalue weighted by atomic mass is 32.1. The molecule has 0 radical (unpaired) electrons. The van der Waals surface area contributed by atoms with Gasteiger partial charge in [0.1, 0.15) is 11.6 Å². The first kappa shape index (κ1) is 14.7. The zero-order valence-electron chi connectivity index (χ0n) is 11.7. The second kappa shape index (κ2) is 6.63. The summed E-state index contributed by atoms with van der Waals surface area (Å²) in [5.74, 6) is -1.23. The highest BCUT2D eigenvalue weighted by Gasteiger charge is 2.07. The molecule has 0 fully saturated rings. The monoisotopic (exact) mass is 290 g/mol. The summed E-state index contributed by atoms with van der Waals surface area (Å²) >= 11 is 1.32. The molecule has 5 heteroatoms. The van der Waals surface area contributed by atoms with Crippen molar-refractivity contribution >= 4 is 17.3 Å². The zero-order chi connectivity index (χ0) is 14.5. The Hall–Kier alpha value is -1.72. The second-order valence-electron chi connectivity index (χ2n) is 4.66. The van der Waals surface area contributed by atoms with Crippen molar-refractivity contribution in [3.63, 3.8) is 0 Å². The molecule has 0 atom stereocenters. The summed E-state index contributed by atoms with van der Waals surface area (Å²) in [6.45, 7) is 7.60. The third kappa shape index (κ3) is 3.43. The molecule has 1 heterocycles. The van der Waals surface area contributed by atoms with E-state index in [1.165, 1.54) is 27.2 Å². The number of thiazole rings is 1. The molecule has 1 aromatic carbocycles. The number of nitrogens with zero attached hydrogens (tertiary/aromatic N) is 1. The van der Waals surface area contributed by atoms with Gasteiger partial charge in [0.05, 0.1) is 24.8 Å². The molecule has 4 nitrogen and oxygen atoms in total. The summed E-state index contributed by atoms with van der Waals surface area (Å²) in [4.78, 5) is 16.3. The van der Waals surface area contributed by atoms with Crippen LogP contribution < -0.4 is 10.0 Å². The number of hydrogen-bond acceptors (Lipinski definition) is 4. The molecule has 0 unspecified atom stereocenters. The smallest absolute Gasteiger partial charge is 0.124 e. The van der Waals surface area contributed by atoms with Crippen LogP contribution in [0.1, 0.15) is 29.9 Å². The molecule has 106 valence electrons. The number of aromatic nitrogens is 1. The standard InChI is InChI=1S/C15H18N2O2S/c1-3-17(4-2)9-11-5-7-12(8-6-11)14-16-13(10-20-14)15(18)19/h5-8,10H,3-4,9H2,1-2H3,(H,18,19). The first-order chi connectivity index (χ1) is 9.63. The van der Waals surface area contributed by atoms with Crippen LogP contribution in [0.15, 0.2) is 29.6 Å². The van der Waals surface area contributed by atoms with E-state index in [4.69, 9.17) is 0 Å². The zero-order valence-corrected chi connectivity index (χ0v) is 12.5. The maximum absolute atomic E-state index is 10.7. The first-order valence-corrected chi connectivity index (χ1v) is 7.61. The Morgan fingerprint density at radius 3 is 2.40 bits per heavy atom. The molecule has 1 N–H and O–H groups in total. The fourth-order valence-electron chi connectivity index (χ4n) is 2.05. The summed E-state index contributed by atoms with van der Waals surface area (Å²) < 4.78 is 0. The SMILES string of the molecule is CC[NH+](CC)Cc1ccc(-c2nc(C(=O)[O-])cs2)cc1. The molecular formula is C15H18N2O2S. The number of benzene rings is 1. The second-order valence-corrected chi connectivity index (χ2v) is 5.51. The first-order valence-electron chi connectivity index (χ1n) is 6.73. The van der Waals surface area contributed by atoms with E-state index in [2.05, 4.69) is 31.0 Å². The number of aromatic carboxylic acids is 1. The number of nitrogens with one attached hydrogen (secondary N) is 1. The summed E-state index contributed by atoms with van der Waals surface area (Å²) in [5.41, 5.74) is 2.23. The lowest BCUT2D eigenvalue weighted by atomic mass is 10.1. The molecule has 1 aromatic heterocycles. The van der Waals surface area contributed by atoms with Crippen LogP contribution in [-0.4, -0.2) is 24.0 Å². The normalized spacial score (nSPS) is 10.9. The third-order valence-electron chi connectivity index (χ3n) is 3.37. The van der Waals surface area contributed by atoms with E-state index in [9.17, 15) is 9.90 Å². The molecule has 0 amide bonds. The van der Waals surface area contributed by atoms with E-state index in [0.717, 1.165) is 25.2 Å². The van der Waals surface area contributed by atoms with Crippen molar-refractivity contribution in [3.05, 3.63) is 40.9 Å². The molecule has 0 aliphatic carbocycles. The molecule has 0 aliphatic rings. The van der Waals surface area contributed by atoms with E-state index >= 15 is 0 Å². The van der Waals surface area contributed by atoms with Crippen LogP contribution in [-0.2, 0) is 6.54 Å². The van der Waals surface area contributed by atoms with Crippen molar-refractivity contribution in [2.75, 3.05) is 13.1 Å². The fourth-order valence-corrected chi connectivity index (χ4v) is 2.85. The molecule has 0 aliphatic heterocycles. The van der Waals surface area contributed by atoms with Crippen LogP contribution >= 0.6 is 11.3 Å². The van der Waals surface area contributed by atoms with Gasteiger partial charge in [0.15, 0.2) is 0 Å². The van der Waals surface area contributed by atoms with Crippen LogP contribution in [0.3, 0.4) is 0 Å². The Bertz CT molecular complexity index is 574. The van der Waals surface area contributed by atoms with Crippen LogP contribution in [0.4, 0.5) is 0 Å². The molecule has 0 bridgehead atoms. The largest absolute Gasteiger partial charge is 0.543 e. The van der Waals surface area contributed by atoms with Gasteiger partial charge in [0.25, 0.3) is 0 Å². The van der Waals surface area contributed by atoms with Crippen molar-refractivity contribution in [1.29, 1.82) is 0 Å². The Morgan fingerprint density at radius 1 is 1.25 bits per heavy atom. The minimum atomic E-state index is -1.23. The summed E-state index contributed by atoms with van der Waals surface area (Å²) in [7, 11) is 0. The molecule has 2 aromatic rings. The number of rotatable bonds is 6. The van der Waals surface area contributed by atoms with Crippen LogP contribution in [0.5, 0.6) is 0 Å². The van der Waals surface area contributed by atoms with Gasteiger partial charge >= 0.3 is 0 Å². The molecule has 20 heavy (non-hydrogen) atoms. The van der Waals surface area contributed by atoms with Gasteiger partial charge in [0.2, 0.25) is 0 Å². The Labute approximate surface area is 122 Å². The molecule has 0 spiro atoms. The lowest BCUT2D eigenvalue weighted by molar-refractivity contribution is -0.910. The molecular weight excluding hydrogens is 272 g/mol. The summed E-state index contributed by atoms with van der Waals surface area (Å²) in [5, 5.41) is 12.9. The number of quaternary nitrogens is 1. The minimum absolute atomic E-state index is 0.00154. The number of carbonyl (C=O) groups excluding carboxylic acids is 1. The Balaban J connectivity index is 2.12. The molecule has 2 rings (SSSR count). The number of carboxylic acid groups (broad SMARTS) is 1. The fraction of sp³-hybridized carbons (Fsp3) is 0.333. The highest BCUT2D eigenvalue weighted by molar-refractivity contribution is 7.13. The molecule has 0 saturated heterocycles. The lowest BCUT2D eigenvalue weighted by Crippen LogP contribution is -3.10. The van der Waals surface area contributed by atoms with E-state index in [1.54, 1.807) is 0 Å². The minimum Gasteiger partial charge on any atom is -0.543 e. The van der Waals surface area contributed by atoms with Crippen LogP contribution in [0, 0.1) is 0 Å². The Kier molecular flexibility index (Phi) is 4.87. The predicted molar refractivity (Wildman–Crippen MR) is 77.6 cm³/mol. The van der Waals surface area contributed by atoms with Crippen molar-refractivity contribution < 1.29 is 14.8 Å². The average Bonchev–Trinajstić information content (AvgIpc) is 2.95. The third-order valence-corrected chi connectivity index (χ3v) is 4.26. The Morgan fingerprint density at radius 2 is 1.90 bits per heavy atom. The van der Waals surface area contributed by atoms with Crippen LogP contribution in [0.25, 0.3) is 10.6 Å². The maximum Gasteiger partial charge on any atom is 0.124 e. The van der Waals surface area contributed by atoms with Gasteiger partial charge in [0, 0.05) is 16.5 Å². The van der Waals surface area contributed by atoms with Gasteiger partial charge in [-0.15, -0.1) is 11.3 Å². The highest BCUT2D eigenvalue weighted by Crippen LogP contribution is 2.23. The van der Waals surface area contributed by atoms with E-state index in [-0.39, 0.29) is 5.69 Å². The van der Waals surface area contributed by atoms with Gasteiger partial charge < -0.3 is 14.8 Å². The summed E-state index contributed by atoms with van der Waals surface area (Å²) in [6.07, 6.45) is 0. The van der Waals surface area contributed by atoms with Crippen molar-refractivity contribution in [3.8, 4) is 10.6 Å². The van der Waals surface area contributed by atoms with Crippen molar-refractivity contribution in [2.45, 2.75) is 20.4 Å². The van der Waals surface area contributed by atoms with Gasteiger partial charge in [-0.3, -0.25) is 0 Å². The maximum atomic E-state index is 10.7. The van der Waals surface area contributed by atoms with Crippen LogP contribution in [0.2, 0.25) is 0 Å². The number of hydrogen-bond donors (Lipinski definition) is 1. The van der Waals surface area contributed by atoms with Gasteiger partial charge in [-0.1, -0.05) is 24.3 Å². The summed E-state index contributed by atoms with van der Waals surface area (Å²) in [6, 6.07) is 8.16. The quantitative estimate of drug-likeness (QED) is 0.847. The van der Waals surface area contributed by atoms with Crippen molar-refractivity contribution in [2.24, 2.45) is 0 Å². The average molecular weight is 290 g/mol. The van der Waals surface area contributed by atoms with Gasteiger partial charge in [-0.25, -0.2) is 4.98 Å².